The van der Waals surface area contributed by atoms with Crippen LogP contribution < -0.4 is 5.32 Å². The van der Waals surface area contributed by atoms with Crippen molar-refractivity contribution >= 4 is 23.4 Å². The number of hydrogen-bond acceptors (Lipinski definition) is 5. The molecule has 0 saturated heterocycles. The van der Waals surface area contributed by atoms with Crippen molar-refractivity contribution < 1.29 is 9.90 Å². The van der Waals surface area contributed by atoms with Crippen molar-refractivity contribution in [2.45, 2.75) is 17.5 Å². The van der Waals surface area contributed by atoms with Crippen molar-refractivity contribution in [3.8, 4) is 0 Å². The maximum Gasteiger partial charge on any atom is 0.295 e. The SMILES string of the molecule is CSc1ccc(NC(=O)c2ncn(C[C@H](O)c3ccccc3)n2)cc1. The fourth-order valence-corrected chi connectivity index (χ4v) is 2.71. The van der Waals surface area contributed by atoms with E-state index < -0.39 is 6.10 Å². The molecule has 0 fully saturated rings. The molecule has 1 amide bonds. The van der Waals surface area contributed by atoms with Gasteiger partial charge in [0.1, 0.15) is 6.33 Å². The van der Waals surface area contributed by atoms with Crippen LogP contribution in [0.25, 0.3) is 0 Å². The molecule has 0 radical (unpaired) electrons. The highest BCUT2D eigenvalue weighted by Gasteiger charge is 2.14. The van der Waals surface area contributed by atoms with Gasteiger partial charge in [0.05, 0.1) is 12.6 Å². The van der Waals surface area contributed by atoms with Gasteiger partial charge in [-0.1, -0.05) is 30.3 Å². The smallest absolute Gasteiger partial charge is 0.295 e. The van der Waals surface area contributed by atoms with Crippen molar-refractivity contribution in [2.75, 3.05) is 11.6 Å². The number of nitrogens with one attached hydrogen (secondary N) is 1. The Labute approximate surface area is 149 Å². The summed E-state index contributed by atoms with van der Waals surface area (Å²) < 4.78 is 1.46. The zero-order valence-electron chi connectivity index (χ0n) is 13.7. The van der Waals surface area contributed by atoms with E-state index in [1.54, 1.807) is 11.8 Å². The van der Waals surface area contributed by atoms with Gasteiger partial charge >= 0.3 is 0 Å². The number of rotatable bonds is 6. The molecule has 0 bridgehead atoms. The number of hydrogen-bond donors (Lipinski definition) is 2. The van der Waals surface area contributed by atoms with Crippen LogP contribution in [0.5, 0.6) is 0 Å². The highest BCUT2D eigenvalue weighted by molar-refractivity contribution is 7.98. The fourth-order valence-electron chi connectivity index (χ4n) is 2.31. The van der Waals surface area contributed by atoms with Crippen LogP contribution in [0.1, 0.15) is 22.3 Å². The van der Waals surface area contributed by atoms with E-state index in [4.69, 9.17) is 0 Å². The normalized spacial score (nSPS) is 11.9. The molecular formula is C18H18N4O2S. The average molecular weight is 354 g/mol. The summed E-state index contributed by atoms with van der Waals surface area (Å²) in [5, 5.41) is 17.1. The summed E-state index contributed by atoms with van der Waals surface area (Å²) in [7, 11) is 0. The van der Waals surface area contributed by atoms with E-state index in [1.807, 2.05) is 60.9 Å². The second kappa shape index (κ2) is 7.96. The van der Waals surface area contributed by atoms with Gasteiger partial charge < -0.3 is 10.4 Å². The Kier molecular flexibility index (Phi) is 5.47. The minimum absolute atomic E-state index is 0.0641. The first-order valence-corrected chi connectivity index (χ1v) is 8.96. The lowest BCUT2D eigenvalue weighted by Gasteiger charge is -2.10. The number of nitrogens with zero attached hydrogens (tertiary/aromatic N) is 3. The molecule has 0 aliphatic heterocycles. The van der Waals surface area contributed by atoms with Crippen LogP contribution in [0, 0.1) is 0 Å². The number of benzene rings is 2. The molecule has 0 saturated carbocycles. The molecule has 128 valence electrons. The number of thioether (sulfide) groups is 1. The Bertz CT molecular complexity index is 834. The largest absolute Gasteiger partial charge is 0.386 e. The van der Waals surface area contributed by atoms with Gasteiger partial charge in [0.15, 0.2) is 0 Å². The molecule has 3 rings (SSSR count). The summed E-state index contributed by atoms with van der Waals surface area (Å²) in [5.41, 5.74) is 1.47. The predicted octanol–water partition coefficient (Wildman–Crippen LogP) is 2.99. The van der Waals surface area contributed by atoms with Gasteiger partial charge in [-0.15, -0.1) is 16.9 Å². The summed E-state index contributed by atoms with van der Waals surface area (Å²) in [4.78, 5) is 17.4. The lowest BCUT2D eigenvalue weighted by molar-refractivity contribution is 0.101. The predicted molar refractivity (Wildman–Crippen MR) is 97.6 cm³/mol. The molecule has 6 nitrogen and oxygen atoms in total. The first-order chi connectivity index (χ1) is 12.2. The Hall–Kier alpha value is -2.64. The van der Waals surface area contributed by atoms with Crippen molar-refractivity contribution in [1.82, 2.24) is 14.8 Å². The van der Waals surface area contributed by atoms with Crippen LogP contribution in [-0.4, -0.2) is 32.0 Å². The highest BCUT2D eigenvalue weighted by atomic mass is 32.2. The van der Waals surface area contributed by atoms with Crippen molar-refractivity contribution in [2.24, 2.45) is 0 Å². The Morgan fingerprint density at radius 1 is 1.20 bits per heavy atom. The van der Waals surface area contributed by atoms with Crippen molar-refractivity contribution in [3.05, 3.63) is 72.3 Å². The Morgan fingerprint density at radius 3 is 2.60 bits per heavy atom. The van der Waals surface area contributed by atoms with E-state index in [0.717, 1.165) is 10.5 Å². The van der Waals surface area contributed by atoms with Crippen LogP contribution in [0.4, 0.5) is 5.69 Å². The molecule has 2 aromatic carbocycles. The lowest BCUT2D eigenvalue weighted by Crippen LogP contribution is -2.15. The van der Waals surface area contributed by atoms with E-state index in [9.17, 15) is 9.90 Å². The quantitative estimate of drug-likeness (QED) is 0.665. The number of carbonyl (C=O) groups excluding carboxylic acids is 1. The molecular weight excluding hydrogens is 336 g/mol. The van der Waals surface area contributed by atoms with Crippen molar-refractivity contribution in [1.29, 1.82) is 0 Å². The van der Waals surface area contributed by atoms with Gasteiger partial charge in [-0.05, 0) is 36.1 Å². The minimum atomic E-state index is -0.710. The number of aliphatic hydroxyl groups excluding tert-OH is 1. The van der Waals surface area contributed by atoms with E-state index in [2.05, 4.69) is 15.4 Å². The minimum Gasteiger partial charge on any atom is -0.386 e. The van der Waals surface area contributed by atoms with E-state index >= 15 is 0 Å². The third-order valence-electron chi connectivity index (χ3n) is 3.63. The number of aromatic nitrogens is 3. The topological polar surface area (TPSA) is 80.0 Å². The average Bonchev–Trinajstić information content (AvgIpc) is 3.12. The molecule has 0 aliphatic rings. The van der Waals surface area contributed by atoms with Gasteiger partial charge in [0, 0.05) is 10.6 Å². The molecule has 3 aromatic rings. The van der Waals surface area contributed by atoms with Crippen LogP contribution in [0.3, 0.4) is 0 Å². The lowest BCUT2D eigenvalue weighted by atomic mass is 10.1. The number of aliphatic hydroxyl groups is 1. The first kappa shape index (κ1) is 17.2. The third kappa shape index (κ3) is 4.46. The summed E-state index contributed by atoms with van der Waals surface area (Å²) in [6.07, 6.45) is 2.73. The van der Waals surface area contributed by atoms with Gasteiger partial charge in [-0.25, -0.2) is 9.67 Å². The maximum absolute atomic E-state index is 12.2. The summed E-state index contributed by atoms with van der Waals surface area (Å²) in [6.45, 7) is 0.229. The summed E-state index contributed by atoms with van der Waals surface area (Å²) >= 11 is 1.64. The van der Waals surface area contributed by atoms with Gasteiger partial charge in [-0.3, -0.25) is 4.79 Å². The zero-order chi connectivity index (χ0) is 17.6. The monoisotopic (exact) mass is 354 g/mol. The van der Waals surface area contributed by atoms with E-state index in [-0.39, 0.29) is 18.3 Å². The molecule has 25 heavy (non-hydrogen) atoms. The number of amides is 1. The molecule has 0 unspecified atom stereocenters. The van der Waals surface area contributed by atoms with Crippen LogP contribution in [0.15, 0.2) is 65.8 Å². The molecule has 2 N–H and O–H groups in total. The Balaban J connectivity index is 1.63. The van der Waals surface area contributed by atoms with E-state index in [1.165, 1.54) is 11.0 Å². The molecule has 1 heterocycles. The molecule has 0 spiro atoms. The standard InChI is InChI=1S/C18H18N4O2S/c1-25-15-9-7-14(8-10-15)20-18(24)17-19-12-22(21-17)11-16(23)13-5-3-2-4-6-13/h2-10,12,16,23H,11H2,1H3,(H,20,24)/t16-/m0/s1. The van der Waals surface area contributed by atoms with Gasteiger partial charge in [0.25, 0.3) is 5.91 Å². The fraction of sp³-hybridized carbons (Fsp3) is 0.167. The molecule has 7 heteroatoms. The van der Waals surface area contributed by atoms with Crippen LogP contribution >= 0.6 is 11.8 Å². The molecule has 1 aromatic heterocycles. The Morgan fingerprint density at radius 2 is 1.92 bits per heavy atom. The second-order valence-corrected chi connectivity index (χ2v) is 6.28. The maximum atomic E-state index is 12.2. The first-order valence-electron chi connectivity index (χ1n) is 7.73. The molecule has 0 aliphatic carbocycles. The van der Waals surface area contributed by atoms with E-state index in [0.29, 0.717) is 5.69 Å². The van der Waals surface area contributed by atoms with Gasteiger partial charge in [0.2, 0.25) is 5.82 Å². The summed E-state index contributed by atoms with van der Waals surface area (Å²) in [5.74, 6) is -0.320. The highest BCUT2D eigenvalue weighted by Crippen LogP contribution is 2.18. The third-order valence-corrected chi connectivity index (χ3v) is 4.38. The number of anilines is 1. The summed E-state index contributed by atoms with van der Waals surface area (Å²) in [6, 6.07) is 16.8. The van der Waals surface area contributed by atoms with Gasteiger partial charge in [-0.2, -0.15) is 0 Å². The van der Waals surface area contributed by atoms with Crippen LogP contribution in [-0.2, 0) is 6.54 Å². The zero-order valence-corrected chi connectivity index (χ0v) is 14.5. The van der Waals surface area contributed by atoms with Crippen LogP contribution in [0.2, 0.25) is 0 Å². The molecule has 1 atom stereocenters. The second-order valence-electron chi connectivity index (χ2n) is 5.40. The van der Waals surface area contributed by atoms with Crippen molar-refractivity contribution in [3.63, 3.8) is 0 Å². The number of carbonyl (C=O) groups is 1.